The number of hydrogen-bond acceptors (Lipinski definition) is 4. The van der Waals surface area contributed by atoms with Crippen molar-refractivity contribution in [2.24, 2.45) is 5.10 Å². The quantitative estimate of drug-likeness (QED) is 0.516. The Morgan fingerprint density at radius 3 is 2.28 bits per heavy atom. The van der Waals surface area contributed by atoms with E-state index < -0.39 is 10.0 Å². The second-order valence-corrected chi connectivity index (χ2v) is 9.81. The molecule has 0 aliphatic carbocycles. The highest BCUT2D eigenvalue weighted by Crippen LogP contribution is 2.36. The van der Waals surface area contributed by atoms with Gasteiger partial charge in [-0.2, -0.15) is 5.10 Å². The standard InChI is InChI=1S/C23H19Cl2N3O3S/c1-15(29)28-23(20-4-2-3-5-21(20)25)14-22(26-28)16-6-10-18(11-7-16)27-32(30,31)19-12-8-17(24)9-13-19/h2-13,23,27H,14H2,1H3. The molecule has 4 rings (SSSR count). The van der Waals surface area contributed by atoms with Crippen molar-refractivity contribution in [2.45, 2.75) is 24.3 Å². The van der Waals surface area contributed by atoms with Gasteiger partial charge in [0.15, 0.2) is 0 Å². The van der Waals surface area contributed by atoms with Crippen molar-refractivity contribution < 1.29 is 13.2 Å². The average Bonchev–Trinajstić information content (AvgIpc) is 3.20. The second-order valence-electron chi connectivity index (χ2n) is 7.29. The SMILES string of the molecule is CC(=O)N1N=C(c2ccc(NS(=O)(=O)c3ccc(Cl)cc3)cc2)CC1c1ccccc1Cl. The summed E-state index contributed by atoms with van der Waals surface area (Å²) in [4.78, 5) is 12.3. The highest BCUT2D eigenvalue weighted by molar-refractivity contribution is 7.92. The summed E-state index contributed by atoms with van der Waals surface area (Å²) in [6, 6.07) is 19.9. The van der Waals surface area contributed by atoms with Crippen LogP contribution in [0, 0.1) is 0 Å². The summed E-state index contributed by atoms with van der Waals surface area (Å²) in [7, 11) is -3.74. The van der Waals surface area contributed by atoms with E-state index in [2.05, 4.69) is 9.82 Å². The monoisotopic (exact) mass is 487 g/mol. The Labute approximate surface area is 196 Å². The maximum Gasteiger partial charge on any atom is 0.261 e. The first kappa shape index (κ1) is 22.3. The van der Waals surface area contributed by atoms with E-state index in [-0.39, 0.29) is 16.8 Å². The average molecular weight is 488 g/mol. The molecule has 1 amide bonds. The Morgan fingerprint density at radius 2 is 1.66 bits per heavy atom. The summed E-state index contributed by atoms with van der Waals surface area (Å²) in [5.41, 5.74) is 2.75. The van der Waals surface area contributed by atoms with Crippen molar-refractivity contribution in [3.63, 3.8) is 0 Å². The molecule has 164 valence electrons. The number of hydrogen-bond donors (Lipinski definition) is 1. The largest absolute Gasteiger partial charge is 0.280 e. The van der Waals surface area contributed by atoms with E-state index in [1.54, 1.807) is 30.3 Å². The van der Waals surface area contributed by atoms with Gasteiger partial charge in [-0.1, -0.05) is 53.5 Å². The first-order valence-electron chi connectivity index (χ1n) is 9.75. The second kappa shape index (κ2) is 8.94. The van der Waals surface area contributed by atoms with Crippen LogP contribution in [0.5, 0.6) is 0 Å². The molecule has 0 saturated heterocycles. The molecule has 1 aliphatic heterocycles. The minimum atomic E-state index is -3.74. The third kappa shape index (κ3) is 4.65. The number of hydrazone groups is 1. The number of amides is 1. The molecule has 3 aromatic carbocycles. The maximum atomic E-state index is 12.6. The number of benzene rings is 3. The fourth-order valence-electron chi connectivity index (χ4n) is 3.52. The molecule has 1 aliphatic rings. The fourth-order valence-corrected chi connectivity index (χ4v) is 4.97. The van der Waals surface area contributed by atoms with Gasteiger partial charge >= 0.3 is 0 Å². The molecule has 0 radical (unpaired) electrons. The van der Waals surface area contributed by atoms with Crippen molar-refractivity contribution in [3.05, 3.63) is 94.0 Å². The van der Waals surface area contributed by atoms with Crippen LogP contribution in [0.1, 0.15) is 30.5 Å². The van der Waals surface area contributed by atoms with Gasteiger partial charge in [-0.15, -0.1) is 0 Å². The number of nitrogens with zero attached hydrogens (tertiary/aromatic N) is 2. The zero-order chi connectivity index (χ0) is 22.9. The molecule has 1 N–H and O–H groups in total. The predicted molar refractivity (Wildman–Crippen MR) is 127 cm³/mol. The van der Waals surface area contributed by atoms with E-state index in [0.717, 1.165) is 16.8 Å². The summed E-state index contributed by atoms with van der Waals surface area (Å²) in [5, 5.41) is 6.98. The van der Waals surface area contributed by atoms with Gasteiger partial charge in [0.25, 0.3) is 10.0 Å². The molecule has 9 heteroatoms. The van der Waals surface area contributed by atoms with Crippen LogP contribution in [-0.4, -0.2) is 25.0 Å². The Balaban J connectivity index is 1.55. The first-order valence-corrected chi connectivity index (χ1v) is 12.0. The number of sulfonamides is 1. The lowest BCUT2D eigenvalue weighted by Gasteiger charge is -2.21. The van der Waals surface area contributed by atoms with Gasteiger partial charge in [0.1, 0.15) is 0 Å². The van der Waals surface area contributed by atoms with E-state index in [1.807, 2.05) is 18.2 Å². The molecule has 0 bridgehead atoms. The normalized spacial score (nSPS) is 16.0. The van der Waals surface area contributed by atoms with Crippen LogP contribution >= 0.6 is 23.2 Å². The number of carbonyl (C=O) groups is 1. The molecule has 0 fully saturated rings. The van der Waals surface area contributed by atoms with Crippen LogP contribution in [0.15, 0.2) is 82.8 Å². The molecule has 6 nitrogen and oxygen atoms in total. The van der Waals surface area contributed by atoms with Gasteiger partial charge < -0.3 is 0 Å². The summed E-state index contributed by atoms with van der Waals surface area (Å²) in [6.45, 7) is 1.46. The molecule has 32 heavy (non-hydrogen) atoms. The van der Waals surface area contributed by atoms with Gasteiger partial charge in [0.2, 0.25) is 5.91 Å². The van der Waals surface area contributed by atoms with Crippen LogP contribution < -0.4 is 4.72 Å². The molecular weight excluding hydrogens is 469 g/mol. The van der Waals surface area contributed by atoms with E-state index >= 15 is 0 Å². The van der Waals surface area contributed by atoms with Crippen LogP contribution in [-0.2, 0) is 14.8 Å². The van der Waals surface area contributed by atoms with Crippen molar-refractivity contribution in [2.75, 3.05) is 4.72 Å². The number of anilines is 1. The van der Waals surface area contributed by atoms with E-state index in [4.69, 9.17) is 23.2 Å². The third-order valence-electron chi connectivity index (χ3n) is 5.09. The lowest BCUT2D eigenvalue weighted by molar-refractivity contribution is -0.130. The third-order valence-corrected chi connectivity index (χ3v) is 7.08. The lowest BCUT2D eigenvalue weighted by Crippen LogP contribution is -2.24. The predicted octanol–water partition coefficient (Wildman–Crippen LogP) is 5.49. The molecule has 0 spiro atoms. The van der Waals surface area contributed by atoms with Crippen LogP contribution in [0.4, 0.5) is 5.69 Å². The number of carbonyl (C=O) groups excluding carboxylic acids is 1. The van der Waals surface area contributed by atoms with Crippen molar-refractivity contribution >= 4 is 50.5 Å². The van der Waals surface area contributed by atoms with Crippen molar-refractivity contribution in [3.8, 4) is 0 Å². The zero-order valence-corrected chi connectivity index (χ0v) is 19.3. The Bertz CT molecular complexity index is 1290. The summed E-state index contributed by atoms with van der Waals surface area (Å²) < 4.78 is 27.7. The fraction of sp³-hybridized carbons (Fsp3) is 0.130. The van der Waals surface area contributed by atoms with Crippen molar-refractivity contribution in [1.82, 2.24) is 5.01 Å². The van der Waals surface area contributed by atoms with Gasteiger partial charge in [0.05, 0.1) is 16.6 Å². The molecule has 1 heterocycles. The summed E-state index contributed by atoms with van der Waals surface area (Å²) in [5.74, 6) is -0.183. The molecular formula is C23H19Cl2N3O3S. The molecule has 1 atom stereocenters. The van der Waals surface area contributed by atoms with Crippen LogP contribution in [0.2, 0.25) is 10.0 Å². The van der Waals surface area contributed by atoms with Gasteiger partial charge in [-0.3, -0.25) is 9.52 Å². The van der Waals surface area contributed by atoms with Crippen molar-refractivity contribution in [1.29, 1.82) is 0 Å². The number of rotatable bonds is 5. The molecule has 0 saturated carbocycles. The summed E-state index contributed by atoms with van der Waals surface area (Å²) >= 11 is 12.2. The van der Waals surface area contributed by atoms with E-state index in [0.29, 0.717) is 22.2 Å². The van der Waals surface area contributed by atoms with Gasteiger partial charge in [-0.05, 0) is 53.6 Å². The molecule has 1 unspecified atom stereocenters. The first-order chi connectivity index (χ1) is 15.2. The minimum Gasteiger partial charge on any atom is -0.280 e. The van der Waals surface area contributed by atoms with Gasteiger partial charge in [-0.25, -0.2) is 13.4 Å². The highest BCUT2D eigenvalue weighted by atomic mass is 35.5. The number of halogens is 2. The smallest absolute Gasteiger partial charge is 0.261 e. The minimum absolute atomic E-state index is 0.117. The Morgan fingerprint density at radius 1 is 1.00 bits per heavy atom. The lowest BCUT2D eigenvalue weighted by atomic mass is 9.98. The Kier molecular flexibility index (Phi) is 6.24. The van der Waals surface area contributed by atoms with Crippen LogP contribution in [0.3, 0.4) is 0 Å². The summed E-state index contributed by atoms with van der Waals surface area (Å²) in [6.07, 6.45) is 0.499. The zero-order valence-electron chi connectivity index (χ0n) is 17.0. The van der Waals surface area contributed by atoms with Gasteiger partial charge in [0, 0.05) is 29.1 Å². The maximum absolute atomic E-state index is 12.6. The molecule has 3 aromatic rings. The van der Waals surface area contributed by atoms with Crippen LogP contribution in [0.25, 0.3) is 0 Å². The highest BCUT2D eigenvalue weighted by Gasteiger charge is 2.32. The molecule has 0 aromatic heterocycles. The van der Waals surface area contributed by atoms with E-state index in [1.165, 1.54) is 36.2 Å². The Hall–Kier alpha value is -2.87. The number of nitrogens with one attached hydrogen (secondary N) is 1. The van der Waals surface area contributed by atoms with E-state index in [9.17, 15) is 13.2 Å². The topological polar surface area (TPSA) is 78.8 Å².